The Kier molecular flexibility index (Phi) is 7.16. The fourth-order valence-electron chi connectivity index (χ4n) is 3.06. The quantitative estimate of drug-likeness (QED) is 0.526. The predicted octanol–water partition coefficient (Wildman–Crippen LogP) is 3.94. The highest BCUT2D eigenvalue weighted by Crippen LogP contribution is 2.33. The normalized spacial score (nSPS) is 22.8. The van der Waals surface area contributed by atoms with Crippen molar-refractivity contribution in [1.82, 2.24) is 16.2 Å². The van der Waals surface area contributed by atoms with Crippen LogP contribution < -0.4 is 20.9 Å². The van der Waals surface area contributed by atoms with Crippen LogP contribution in [0.5, 0.6) is 5.75 Å². The third-order valence-corrected chi connectivity index (χ3v) is 5.56. The molecule has 138 valence electrons. The molecule has 0 unspecified atom stereocenters. The largest absolute Gasteiger partial charge is 0.494 e. The minimum atomic E-state index is -0.388. The number of hydrogen-bond acceptors (Lipinski definition) is 3. The van der Waals surface area contributed by atoms with E-state index in [0.717, 1.165) is 6.42 Å². The first-order valence-corrected chi connectivity index (χ1v) is 9.39. The average Bonchev–Trinajstić information content (AvgIpc) is 2.56. The minimum Gasteiger partial charge on any atom is -0.494 e. The van der Waals surface area contributed by atoms with E-state index in [4.69, 9.17) is 40.2 Å². The van der Waals surface area contributed by atoms with Crippen LogP contribution in [0.1, 0.15) is 43.5 Å². The Morgan fingerprint density at radius 3 is 2.44 bits per heavy atom. The second-order valence-corrected chi connectivity index (χ2v) is 7.62. The molecule has 1 amide bonds. The number of hydrazine groups is 1. The van der Waals surface area contributed by atoms with Crippen LogP contribution in [0, 0.1) is 11.8 Å². The third kappa shape index (κ3) is 5.12. The van der Waals surface area contributed by atoms with Crippen LogP contribution >= 0.6 is 35.4 Å². The van der Waals surface area contributed by atoms with Gasteiger partial charge in [0.2, 0.25) is 0 Å². The number of amides is 1. The number of hydrogen-bond donors (Lipinski definition) is 3. The van der Waals surface area contributed by atoms with E-state index >= 15 is 0 Å². The number of carbonyl (C=O) groups excluding carboxylic acids is 1. The first-order chi connectivity index (χ1) is 11.8. The Morgan fingerprint density at radius 2 is 1.84 bits per heavy atom. The van der Waals surface area contributed by atoms with Gasteiger partial charge in [0.05, 0.1) is 17.2 Å². The van der Waals surface area contributed by atoms with Gasteiger partial charge in [-0.1, -0.05) is 49.9 Å². The zero-order valence-electron chi connectivity index (χ0n) is 14.5. The molecule has 3 N–H and O–H groups in total. The molecule has 1 aromatic rings. The van der Waals surface area contributed by atoms with Gasteiger partial charge in [-0.2, -0.15) is 0 Å². The molecule has 1 aliphatic carbocycles. The van der Waals surface area contributed by atoms with E-state index in [1.165, 1.54) is 32.1 Å². The van der Waals surface area contributed by atoms with E-state index in [1.54, 1.807) is 0 Å². The van der Waals surface area contributed by atoms with Crippen LogP contribution in [0.3, 0.4) is 0 Å². The van der Waals surface area contributed by atoms with Gasteiger partial charge in [0, 0.05) is 11.6 Å². The Balaban J connectivity index is 1.90. The SMILES string of the molecule is COc1c(Cl)cc(C(=O)NNC(=S)N[C@@H]2CCC[C@H](C)[C@H]2C)cc1Cl. The summed E-state index contributed by atoms with van der Waals surface area (Å²) in [6.45, 7) is 4.48. The zero-order valence-corrected chi connectivity index (χ0v) is 16.8. The molecule has 1 fully saturated rings. The molecule has 2 rings (SSSR count). The summed E-state index contributed by atoms with van der Waals surface area (Å²) in [6.07, 6.45) is 3.50. The Bertz CT molecular complexity index is 634. The van der Waals surface area contributed by atoms with Gasteiger partial charge in [0.15, 0.2) is 10.9 Å². The smallest absolute Gasteiger partial charge is 0.269 e. The van der Waals surface area contributed by atoms with Crippen molar-refractivity contribution in [3.8, 4) is 5.75 Å². The van der Waals surface area contributed by atoms with Gasteiger partial charge in [-0.05, 0) is 42.6 Å². The molecule has 0 bridgehead atoms. The monoisotopic (exact) mass is 403 g/mol. The summed E-state index contributed by atoms with van der Waals surface area (Å²) in [5.74, 6) is 1.14. The fourth-order valence-corrected chi connectivity index (χ4v) is 3.91. The fraction of sp³-hybridized carbons (Fsp3) is 0.529. The second kappa shape index (κ2) is 8.92. The van der Waals surface area contributed by atoms with E-state index < -0.39 is 0 Å². The number of nitrogens with one attached hydrogen (secondary N) is 3. The first kappa shape index (κ1) is 20.1. The van der Waals surface area contributed by atoms with Gasteiger partial charge in [0.1, 0.15) is 0 Å². The number of halogens is 2. The average molecular weight is 404 g/mol. The number of carbonyl (C=O) groups is 1. The maximum atomic E-state index is 12.2. The standard InChI is InChI=1S/C17H23Cl2N3O2S/c1-9-5-4-6-14(10(9)2)20-17(25)22-21-16(23)11-7-12(18)15(24-3)13(19)8-11/h7-10,14H,4-6H2,1-3H3,(H,21,23)(H2,20,22,25)/t9-,10+,14+/m0/s1. The molecule has 25 heavy (non-hydrogen) atoms. The highest BCUT2D eigenvalue weighted by molar-refractivity contribution is 7.80. The van der Waals surface area contributed by atoms with Gasteiger partial charge >= 0.3 is 0 Å². The Hall–Kier alpha value is -1.24. The molecule has 8 heteroatoms. The molecule has 0 saturated heterocycles. The van der Waals surface area contributed by atoms with Crippen molar-refractivity contribution < 1.29 is 9.53 Å². The van der Waals surface area contributed by atoms with Gasteiger partial charge in [0.25, 0.3) is 5.91 Å². The molecule has 1 aromatic carbocycles. The van der Waals surface area contributed by atoms with E-state index in [2.05, 4.69) is 30.0 Å². The highest BCUT2D eigenvalue weighted by atomic mass is 35.5. The highest BCUT2D eigenvalue weighted by Gasteiger charge is 2.27. The van der Waals surface area contributed by atoms with Gasteiger partial charge in [-0.25, -0.2) is 0 Å². The Morgan fingerprint density at radius 1 is 1.20 bits per heavy atom. The molecule has 0 radical (unpaired) electrons. The van der Waals surface area contributed by atoms with Crippen LogP contribution in [-0.4, -0.2) is 24.2 Å². The summed E-state index contributed by atoms with van der Waals surface area (Å²) in [5, 5.41) is 4.21. The van der Waals surface area contributed by atoms with E-state index in [1.807, 2.05) is 0 Å². The van der Waals surface area contributed by atoms with Crippen LogP contribution in [0.4, 0.5) is 0 Å². The first-order valence-electron chi connectivity index (χ1n) is 8.23. The third-order valence-electron chi connectivity index (χ3n) is 4.78. The van der Waals surface area contributed by atoms with E-state index in [9.17, 15) is 4.79 Å². The van der Waals surface area contributed by atoms with E-state index in [0.29, 0.717) is 34.3 Å². The topological polar surface area (TPSA) is 62.4 Å². The number of ether oxygens (including phenoxy) is 1. The number of thiocarbonyl (C=S) groups is 1. The maximum absolute atomic E-state index is 12.2. The van der Waals surface area contributed by atoms with Gasteiger partial charge < -0.3 is 10.1 Å². The molecule has 1 saturated carbocycles. The van der Waals surface area contributed by atoms with Crippen molar-refractivity contribution in [1.29, 1.82) is 0 Å². The summed E-state index contributed by atoms with van der Waals surface area (Å²) < 4.78 is 5.07. The number of methoxy groups -OCH3 is 1. The van der Waals surface area contributed by atoms with Gasteiger partial charge in [-0.3, -0.25) is 15.6 Å². The molecule has 3 atom stereocenters. The second-order valence-electron chi connectivity index (χ2n) is 6.40. The van der Waals surface area contributed by atoms with Crippen molar-refractivity contribution in [3.05, 3.63) is 27.7 Å². The van der Waals surface area contributed by atoms with Crippen LogP contribution in [0.25, 0.3) is 0 Å². The predicted molar refractivity (Wildman–Crippen MR) is 105 cm³/mol. The van der Waals surface area contributed by atoms with Crippen LogP contribution in [0.15, 0.2) is 12.1 Å². The molecule has 0 heterocycles. The molecular formula is C17H23Cl2N3O2S. The lowest BCUT2D eigenvalue weighted by Crippen LogP contribution is -2.52. The molecule has 1 aliphatic rings. The van der Waals surface area contributed by atoms with E-state index in [-0.39, 0.29) is 16.0 Å². The maximum Gasteiger partial charge on any atom is 0.269 e. The van der Waals surface area contributed by atoms with Crippen molar-refractivity contribution in [3.63, 3.8) is 0 Å². The van der Waals surface area contributed by atoms with Crippen LogP contribution in [0.2, 0.25) is 10.0 Å². The molecular weight excluding hydrogens is 381 g/mol. The van der Waals surface area contributed by atoms with Crippen LogP contribution in [-0.2, 0) is 0 Å². The summed E-state index contributed by atoms with van der Waals surface area (Å²) in [6, 6.07) is 3.29. The lowest BCUT2D eigenvalue weighted by atomic mass is 9.78. The molecule has 5 nitrogen and oxygen atoms in total. The van der Waals surface area contributed by atoms with Crippen molar-refractivity contribution >= 4 is 46.4 Å². The Labute approximate surface area is 163 Å². The summed E-state index contributed by atoms with van der Waals surface area (Å²) in [4.78, 5) is 12.2. The lowest BCUT2D eigenvalue weighted by Gasteiger charge is -2.35. The van der Waals surface area contributed by atoms with Crippen molar-refractivity contribution in [2.75, 3.05) is 7.11 Å². The number of benzene rings is 1. The molecule has 0 aliphatic heterocycles. The number of rotatable bonds is 3. The molecule has 0 aromatic heterocycles. The summed E-state index contributed by atoms with van der Waals surface area (Å²) in [5.41, 5.74) is 5.60. The van der Waals surface area contributed by atoms with Gasteiger partial charge in [-0.15, -0.1) is 0 Å². The summed E-state index contributed by atoms with van der Waals surface area (Å²) in [7, 11) is 1.46. The summed E-state index contributed by atoms with van der Waals surface area (Å²) >= 11 is 17.4. The molecule has 0 spiro atoms. The zero-order chi connectivity index (χ0) is 18.6. The minimum absolute atomic E-state index is 0.269. The lowest BCUT2D eigenvalue weighted by molar-refractivity contribution is 0.0943. The van der Waals surface area contributed by atoms with Crippen molar-refractivity contribution in [2.45, 2.75) is 39.2 Å². The van der Waals surface area contributed by atoms with Crippen molar-refractivity contribution in [2.24, 2.45) is 11.8 Å².